The summed E-state index contributed by atoms with van der Waals surface area (Å²) in [5, 5.41) is 27.0. The lowest BCUT2D eigenvalue weighted by atomic mass is 10.1. The van der Waals surface area contributed by atoms with Crippen molar-refractivity contribution in [2.24, 2.45) is 0 Å². The summed E-state index contributed by atoms with van der Waals surface area (Å²) in [5.41, 5.74) is 0.408. The van der Waals surface area contributed by atoms with Gasteiger partial charge in [-0.3, -0.25) is 14.9 Å². The average Bonchev–Trinajstić information content (AvgIpc) is 2.83. The summed E-state index contributed by atoms with van der Waals surface area (Å²) in [6.45, 7) is -0.0197. The molecule has 0 saturated heterocycles. The number of aryl methyl sites for hydroxylation is 1. The van der Waals surface area contributed by atoms with Gasteiger partial charge >= 0.3 is 5.97 Å². The van der Waals surface area contributed by atoms with Crippen molar-refractivity contribution >= 4 is 11.7 Å². The molecule has 2 rings (SSSR count). The highest BCUT2D eigenvalue weighted by Gasteiger charge is 2.15. The fourth-order valence-corrected chi connectivity index (χ4v) is 1.80. The monoisotopic (exact) mass is 294 g/mol. The zero-order chi connectivity index (χ0) is 15.4. The Morgan fingerprint density at radius 1 is 1.48 bits per heavy atom. The number of aliphatic carboxylic acids is 1. The molecule has 1 aromatic carbocycles. The molecule has 0 aliphatic carbocycles. The summed E-state index contributed by atoms with van der Waals surface area (Å²) in [5.74, 6) is -1.54. The Morgan fingerprint density at radius 2 is 2.24 bits per heavy atom. The van der Waals surface area contributed by atoms with Gasteiger partial charge in [0.15, 0.2) is 0 Å². The lowest BCUT2D eigenvalue weighted by molar-refractivity contribution is -0.385. The molecule has 0 aliphatic heterocycles. The Morgan fingerprint density at radius 3 is 2.90 bits per heavy atom. The molecular formula is C12H11FN4O4. The Hall–Kier alpha value is -2.84. The van der Waals surface area contributed by atoms with Gasteiger partial charge in [0.05, 0.1) is 29.1 Å². The molecule has 0 bridgehead atoms. The lowest BCUT2D eigenvalue weighted by Gasteiger charge is -2.02. The smallest absolute Gasteiger partial charge is 0.303 e. The summed E-state index contributed by atoms with van der Waals surface area (Å²) in [7, 11) is 0. The van der Waals surface area contributed by atoms with E-state index in [4.69, 9.17) is 5.11 Å². The van der Waals surface area contributed by atoms with Gasteiger partial charge in [0, 0.05) is 18.7 Å². The first-order chi connectivity index (χ1) is 9.95. The van der Waals surface area contributed by atoms with E-state index in [9.17, 15) is 19.3 Å². The zero-order valence-electron chi connectivity index (χ0n) is 10.8. The van der Waals surface area contributed by atoms with Gasteiger partial charge in [-0.05, 0) is 12.1 Å². The molecule has 110 valence electrons. The van der Waals surface area contributed by atoms with Crippen molar-refractivity contribution in [3.8, 4) is 0 Å². The molecule has 8 nitrogen and oxygen atoms in total. The van der Waals surface area contributed by atoms with E-state index in [1.807, 2.05) is 0 Å². The molecule has 0 atom stereocenters. The summed E-state index contributed by atoms with van der Waals surface area (Å²) in [4.78, 5) is 20.7. The van der Waals surface area contributed by atoms with E-state index in [0.717, 1.165) is 18.2 Å². The van der Waals surface area contributed by atoms with E-state index in [-0.39, 0.29) is 30.6 Å². The van der Waals surface area contributed by atoms with E-state index in [1.54, 1.807) is 0 Å². The molecule has 0 amide bonds. The first-order valence-electron chi connectivity index (χ1n) is 5.99. The predicted molar refractivity (Wildman–Crippen MR) is 68.1 cm³/mol. The van der Waals surface area contributed by atoms with Crippen LogP contribution in [-0.4, -0.2) is 31.0 Å². The topological polar surface area (TPSA) is 111 Å². The van der Waals surface area contributed by atoms with Crippen molar-refractivity contribution in [2.75, 3.05) is 0 Å². The highest BCUT2D eigenvalue weighted by molar-refractivity contribution is 5.66. The second kappa shape index (κ2) is 6.07. The van der Waals surface area contributed by atoms with Crippen molar-refractivity contribution in [2.45, 2.75) is 19.4 Å². The second-order valence-corrected chi connectivity index (χ2v) is 4.33. The van der Waals surface area contributed by atoms with Gasteiger partial charge in [0.2, 0.25) is 0 Å². The first kappa shape index (κ1) is 14.6. The van der Waals surface area contributed by atoms with Crippen LogP contribution in [-0.2, 0) is 17.8 Å². The van der Waals surface area contributed by atoms with Crippen molar-refractivity contribution < 1.29 is 19.2 Å². The number of carboxylic acids is 1. The Kier molecular flexibility index (Phi) is 4.21. The number of benzene rings is 1. The molecule has 1 heterocycles. The third-order valence-corrected chi connectivity index (χ3v) is 2.75. The molecule has 0 unspecified atom stereocenters. The number of nitro groups is 1. The normalized spacial score (nSPS) is 10.5. The number of carbonyl (C=O) groups is 1. The quantitative estimate of drug-likeness (QED) is 0.636. The van der Waals surface area contributed by atoms with Gasteiger partial charge in [0.1, 0.15) is 5.82 Å². The fraction of sp³-hybridized carbons (Fsp3) is 0.250. The Bertz CT molecular complexity index is 686. The van der Waals surface area contributed by atoms with Crippen LogP contribution in [0.2, 0.25) is 0 Å². The number of halogens is 1. The van der Waals surface area contributed by atoms with Gasteiger partial charge < -0.3 is 5.11 Å². The van der Waals surface area contributed by atoms with E-state index < -0.39 is 16.7 Å². The maximum Gasteiger partial charge on any atom is 0.303 e. The number of aromatic nitrogens is 3. The van der Waals surface area contributed by atoms with E-state index >= 15 is 0 Å². The van der Waals surface area contributed by atoms with Crippen LogP contribution in [0.3, 0.4) is 0 Å². The molecule has 0 saturated carbocycles. The maximum absolute atomic E-state index is 13.2. The molecule has 0 spiro atoms. The molecule has 1 aromatic heterocycles. The largest absolute Gasteiger partial charge is 0.481 e. The Balaban J connectivity index is 2.16. The molecule has 0 radical (unpaired) electrons. The summed E-state index contributed by atoms with van der Waals surface area (Å²) in [6, 6.07) is 3.17. The minimum atomic E-state index is -0.953. The number of nitrogens with zero attached hydrogens (tertiary/aromatic N) is 4. The van der Waals surface area contributed by atoms with Crippen LogP contribution in [0.15, 0.2) is 24.4 Å². The van der Waals surface area contributed by atoms with Crippen molar-refractivity contribution in [3.05, 3.63) is 51.6 Å². The highest BCUT2D eigenvalue weighted by atomic mass is 19.1. The molecular weight excluding hydrogens is 283 g/mol. The molecule has 2 aromatic rings. The van der Waals surface area contributed by atoms with Crippen LogP contribution in [0.25, 0.3) is 0 Å². The number of hydrogen-bond donors (Lipinski definition) is 1. The number of carboxylic acid groups (broad SMARTS) is 1. The van der Waals surface area contributed by atoms with Crippen LogP contribution in [0, 0.1) is 15.9 Å². The molecule has 21 heavy (non-hydrogen) atoms. The van der Waals surface area contributed by atoms with Gasteiger partial charge in [0.25, 0.3) is 5.69 Å². The second-order valence-electron chi connectivity index (χ2n) is 4.33. The Labute approximate surface area is 118 Å². The maximum atomic E-state index is 13.2. The minimum Gasteiger partial charge on any atom is -0.481 e. The molecule has 0 fully saturated rings. The number of rotatable bonds is 6. The number of nitro benzene ring substituents is 1. The fourth-order valence-electron chi connectivity index (χ4n) is 1.80. The minimum absolute atomic E-state index is 0.0197. The molecule has 0 aliphatic rings. The van der Waals surface area contributed by atoms with E-state index in [0.29, 0.717) is 5.69 Å². The third kappa shape index (κ3) is 3.81. The number of hydrogen-bond acceptors (Lipinski definition) is 5. The van der Waals surface area contributed by atoms with Crippen LogP contribution >= 0.6 is 0 Å². The van der Waals surface area contributed by atoms with Crippen molar-refractivity contribution in [1.82, 2.24) is 15.0 Å². The van der Waals surface area contributed by atoms with Gasteiger partial charge in [-0.2, -0.15) is 0 Å². The van der Waals surface area contributed by atoms with Gasteiger partial charge in [-0.25, -0.2) is 9.07 Å². The van der Waals surface area contributed by atoms with Crippen LogP contribution in [0.5, 0.6) is 0 Å². The zero-order valence-corrected chi connectivity index (χ0v) is 10.8. The standard InChI is InChI=1S/C12H11FN4O4/c13-9-1-3-11(17(20)21)8(5-9)6-16-7-10(14-15-16)2-4-12(18)19/h1,3,5,7H,2,4,6H2,(H,18,19). The predicted octanol–water partition coefficient (Wildman–Crippen LogP) is 1.39. The summed E-state index contributed by atoms with van der Waals surface area (Å²) >= 11 is 0. The SMILES string of the molecule is O=C(O)CCc1cn(Cc2cc(F)ccc2[N+](=O)[O-])nn1. The lowest BCUT2D eigenvalue weighted by Crippen LogP contribution is -2.04. The first-order valence-corrected chi connectivity index (χ1v) is 5.99. The average molecular weight is 294 g/mol. The van der Waals surface area contributed by atoms with Gasteiger partial charge in [-0.15, -0.1) is 5.10 Å². The highest BCUT2D eigenvalue weighted by Crippen LogP contribution is 2.20. The van der Waals surface area contributed by atoms with E-state index in [2.05, 4.69) is 10.3 Å². The molecule has 1 N–H and O–H groups in total. The molecule has 9 heteroatoms. The third-order valence-electron chi connectivity index (χ3n) is 2.75. The summed E-state index contributed by atoms with van der Waals surface area (Å²) in [6.07, 6.45) is 1.61. The van der Waals surface area contributed by atoms with Crippen molar-refractivity contribution in [3.63, 3.8) is 0 Å². The van der Waals surface area contributed by atoms with Gasteiger partial charge in [-0.1, -0.05) is 5.21 Å². The summed E-state index contributed by atoms with van der Waals surface area (Å²) < 4.78 is 14.5. The van der Waals surface area contributed by atoms with Crippen molar-refractivity contribution in [1.29, 1.82) is 0 Å². The van der Waals surface area contributed by atoms with E-state index in [1.165, 1.54) is 10.9 Å². The van der Waals surface area contributed by atoms with Crippen LogP contribution in [0.1, 0.15) is 17.7 Å². The van der Waals surface area contributed by atoms with Crippen LogP contribution in [0.4, 0.5) is 10.1 Å². The van der Waals surface area contributed by atoms with Crippen LogP contribution < -0.4 is 0 Å².